The van der Waals surface area contributed by atoms with Crippen LogP contribution in [0.25, 0.3) is 0 Å². The molecule has 3 aromatic carbocycles. The van der Waals surface area contributed by atoms with Gasteiger partial charge in [-0.15, -0.1) is 0 Å². The lowest BCUT2D eigenvalue weighted by atomic mass is 9.86. The van der Waals surface area contributed by atoms with Crippen LogP contribution in [0.4, 0.5) is 9.18 Å². The number of ether oxygens (including phenoxy) is 2. The first-order chi connectivity index (χ1) is 17.0. The lowest BCUT2D eigenvalue weighted by Crippen LogP contribution is -2.68. The third kappa shape index (κ3) is 5.05. The van der Waals surface area contributed by atoms with Crippen LogP contribution in [0.1, 0.15) is 42.0 Å². The Balaban J connectivity index is 1.65. The Labute approximate surface area is 204 Å². The smallest absolute Gasteiger partial charge is 0.365 e. The molecule has 1 aliphatic heterocycles. The van der Waals surface area contributed by atoms with Gasteiger partial charge in [0.25, 0.3) is 6.09 Å². The molecule has 1 aliphatic rings. The molecule has 0 saturated carbocycles. The molecule has 6 nitrogen and oxygen atoms in total. The summed E-state index contributed by atoms with van der Waals surface area (Å²) in [6.07, 6.45) is 0.337. The fraction of sp³-hybridized carbons (Fsp3) is 0.286. The summed E-state index contributed by atoms with van der Waals surface area (Å²) < 4.78 is 24.1. The van der Waals surface area contributed by atoms with Gasteiger partial charge in [-0.1, -0.05) is 48.5 Å². The monoisotopic (exact) mass is 477 g/mol. The minimum Gasteiger partial charge on any atom is -0.498 e. The maximum absolute atomic E-state index is 13.9. The maximum atomic E-state index is 13.9. The molecule has 0 aliphatic carbocycles. The molecule has 7 heteroatoms. The van der Waals surface area contributed by atoms with Crippen LogP contribution in [0, 0.1) is 5.82 Å². The van der Waals surface area contributed by atoms with Crippen molar-refractivity contribution >= 4 is 12.1 Å². The number of nitrogens with zero attached hydrogens (tertiary/aromatic N) is 1. The number of quaternary nitrogens is 1. The average Bonchev–Trinajstić information content (AvgIpc) is 2.88. The van der Waals surface area contributed by atoms with Gasteiger partial charge in [0.2, 0.25) is 0 Å². The Hall–Kier alpha value is -3.71. The van der Waals surface area contributed by atoms with Crippen LogP contribution in [-0.4, -0.2) is 29.7 Å². The van der Waals surface area contributed by atoms with Crippen molar-refractivity contribution in [2.75, 3.05) is 7.11 Å². The molecule has 1 amide bonds. The standard InChI is InChI=1S/C28H28FNO5/c1-34-27(31)26-13-7-12-25(30(26,28(32)33)18-20-8-3-2-4-9-20)21-14-16-23(17-15-21)35-19-22-10-5-6-11-24(22)29/h2-6,8-11,14-17,25-26H,7,12-13,18-19H2,1H3/t25-,26+,30?/m0/s1. The highest BCUT2D eigenvalue weighted by Gasteiger charge is 2.53. The first kappa shape index (κ1) is 24.4. The number of likely N-dealkylation sites (tertiary alicyclic amines) is 1. The van der Waals surface area contributed by atoms with E-state index in [0.717, 1.165) is 11.1 Å². The molecule has 3 aromatic rings. The highest BCUT2D eigenvalue weighted by Crippen LogP contribution is 2.44. The first-order valence-corrected chi connectivity index (χ1v) is 11.6. The zero-order valence-corrected chi connectivity index (χ0v) is 19.6. The summed E-state index contributed by atoms with van der Waals surface area (Å²) in [5.74, 6) is -0.358. The van der Waals surface area contributed by atoms with Crippen molar-refractivity contribution in [2.24, 2.45) is 0 Å². The van der Waals surface area contributed by atoms with Crippen molar-refractivity contribution in [1.82, 2.24) is 0 Å². The van der Waals surface area contributed by atoms with Gasteiger partial charge in [0.05, 0.1) is 7.11 Å². The molecule has 1 unspecified atom stereocenters. The fourth-order valence-corrected chi connectivity index (χ4v) is 5.04. The summed E-state index contributed by atoms with van der Waals surface area (Å²) in [5.41, 5.74) is 2.00. The number of halogens is 1. The van der Waals surface area contributed by atoms with Crippen molar-refractivity contribution in [3.05, 3.63) is 101 Å². The predicted octanol–water partition coefficient (Wildman–Crippen LogP) is 4.53. The third-order valence-corrected chi connectivity index (χ3v) is 6.78. The summed E-state index contributed by atoms with van der Waals surface area (Å²) in [6, 6.07) is 21.3. The van der Waals surface area contributed by atoms with E-state index in [1.165, 1.54) is 13.2 Å². The van der Waals surface area contributed by atoms with Gasteiger partial charge in [-0.05, 0) is 36.8 Å². The van der Waals surface area contributed by atoms with Gasteiger partial charge in [0.1, 0.15) is 30.8 Å². The van der Waals surface area contributed by atoms with Gasteiger partial charge < -0.3 is 19.4 Å². The van der Waals surface area contributed by atoms with Crippen LogP contribution in [0.2, 0.25) is 0 Å². The molecule has 4 rings (SSSR count). The molecule has 0 bridgehead atoms. The lowest BCUT2D eigenvalue weighted by molar-refractivity contribution is -0.937. The summed E-state index contributed by atoms with van der Waals surface area (Å²) in [6.45, 7) is 0.173. The van der Waals surface area contributed by atoms with Gasteiger partial charge >= 0.3 is 5.97 Å². The maximum Gasteiger partial charge on any atom is 0.365 e. The van der Waals surface area contributed by atoms with Crippen LogP contribution in [0.3, 0.4) is 0 Å². The van der Waals surface area contributed by atoms with Crippen molar-refractivity contribution in [2.45, 2.75) is 44.5 Å². The zero-order valence-electron chi connectivity index (χ0n) is 19.6. The molecule has 1 fully saturated rings. The van der Waals surface area contributed by atoms with Gasteiger partial charge in [-0.2, -0.15) is 0 Å². The van der Waals surface area contributed by atoms with Gasteiger partial charge in [-0.25, -0.2) is 9.18 Å². The number of carbonyl (C=O) groups excluding carboxylic acids is 2. The van der Waals surface area contributed by atoms with Gasteiger partial charge in [0.15, 0.2) is 6.04 Å². The summed E-state index contributed by atoms with van der Waals surface area (Å²) in [4.78, 5) is 25.6. The summed E-state index contributed by atoms with van der Waals surface area (Å²) in [5, 5.41) is 12.8. The number of piperidine rings is 1. The van der Waals surface area contributed by atoms with E-state index in [-0.39, 0.29) is 19.0 Å². The number of hydrogen-bond donors (Lipinski definition) is 0. The fourth-order valence-electron chi connectivity index (χ4n) is 5.04. The highest BCUT2D eigenvalue weighted by atomic mass is 19.1. The van der Waals surface area contributed by atoms with E-state index in [2.05, 4.69) is 0 Å². The molecule has 0 aromatic heterocycles. The molecule has 1 heterocycles. The van der Waals surface area contributed by atoms with Crippen LogP contribution in [0.15, 0.2) is 78.9 Å². The van der Waals surface area contributed by atoms with Crippen molar-refractivity contribution in [1.29, 1.82) is 0 Å². The number of carboxylic acid groups (broad SMARTS) is 1. The number of methoxy groups -OCH3 is 1. The van der Waals surface area contributed by atoms with E-state index < -0.39 is 28.6 Å². The minimum atomic E-state index is -1.31. The zero-order chi connectivity index (χ0) is 24.8. The minimum absolute atomic E-state index is 0.0763. The van der Waals surface area contributed by atoms with E-state index in [1.54, 1.807) is 30.3 Å². The Kier molecular flexibility index (Phi) is 7.46. The summed E-state index contributed by atoms with van der Waals surface area (Å²) in [7, 11) is 1.28. The number of hydrogen-bond acceptors (Lipinski definition) is 5. The van der Waals surface area contributed by atoms with E-state index in [0.29, 0.717) is 30.6 Å². The molecule has 35 heavy (non-hydrogen) atoms. The van der Waals surface area contributed by atoms with E-state index in [1.807, 2.05) is 42.5 Å². The molecule has 0 radical (unpaired) electrons. The Morgan fingerprint density at radius 2 is 1.66 bits per heavy atom. The van der Waals surface area contributed by atoms with Crippen LogP contribution < -0.4 is 9.84 Å². The molecular formula is C28H28FNO5. The van der Waals surface area contributed by atoms with Crippen molar-refractivity contribution in [3.63, 3.8) is 0 Å². The average molecular weight is 478 g/mol. The second kappa shape index (κ2) is 10.7. The van der Waals surface area contributed by atoms with E-state index >= 15 is 0 Å². The molecule has 1 saturated heterocycles. The molecule has 0 spiro atoms. The SMILES string of the molecule is COC(=O)[C@H]1CCC[C@@H](c2ccc(OCc3ccccc3F)cc2)[N+]1(Cc1ccccc1)C(=O)[O-]. The number of benzene rings is 3. The lowest BCUT2D eigenvalue weighted by Gasteiger charge is -2.51. The first-order valence-electron chi connectivity index (χ1n) is 11.6. The molecular weight excluding hydrogens is 449 g/mol. The van der Waals surface area contributed by atoms with Crippen LogP contribution >= 0.6 is 0 Å². The number of carbonyl (C=O) groups is 2. The van der Waals surface area contributed by atoms with Crippen LogP contribution in [-0.2, 0) is 22.7 Å². The largest absolute Gasteiger partial charge is 0.498 e. The molecule has 0 N–H and O–H groups in total. The second-order valence-electron chi connectivity index (χ2n) is 8.77. The second-order valence-corrected chi connectivity index (χ2v) is 8.77. The van der Waals surface area contributed by atoms with Crippen LogP contribution in [0.5, 0.6) is 5.75 Å². The Bertz CT molecular complexity index is 1170. The number of rotatable bonds is 7. The van der Waals surface area contributed by atoms with Gasteiger partial charge in [0, 0.05) is 29.5 Å². The Morgan fingerprint density at radius 1 is 0.971 bits per heavy atom. The Morgan fingerprint density at radius 3 is 2.31 bits per heavy atom. The quantitative estimate of drug-likeness (QED) is 0.369. The van der Waals surface area contributed by atoms with Crippen molar-refractivity contribution in [3.8, 4) is 5.75 Å². The summed E-state index contributed by atoms with van der Waals surface area (Å²) >= 11 is 0. The van der Waals surface area contributed by atoms with Crippen molar-refractivity contribution < 1.29 is 33.0 Å². The molecule has 3 atom stereocenters. The predicted molar refractivity (Wildman–Crippen MR) is 125 cm³/mol. The van der Waals surface area contributed by atoms with E-state index in [4.69, 9.17) is 9.47 Å². The van der Waals surface area contributed by atoms with E-state index in [9.17, 15) is 19.1 Å². The van der Waals surface area contributed by atoms with Gasteiger partial charge in [-0.3, -0.25) is 4.48 Å². The number of amides is 1. The highest BCUT2D eigenvalue weighted by molar-refractivity contribution is 5.76. The third-order valence-electron chi connectivity index (χ3n) is 6.78. The normalized spacial score (nSPS) is 21.8. The molecule has 182 valence electrons. The number of esters is 1. The topological polar surface area (TPSA) is 75.7 Å².